The summed E-state index contributed by atoms with van der Waals surface area (Å²) >= 11 is 1.80. The van der Waals surface area contributed by atoms with Crippen molar-refractivity contribution < 1.29 is 0 Å². The highest BCUT2D eigenvalue weighted by Gasteiger charge is 2.19. The zero-order valence-corrected chi connectivity index (χ0v) is 8.73. The number of rotatable bonds is 4. The second-order valence-electron chi connectivity index (χ2n) is 3.66. The minimum atomic E-state index is 0.812. The third-order valence-electron chi connectivity index (χ3n) is 2.18. The van der Waals surface area contributed by atoms with Crippen molar-refractivity contribution in [2.45, 2.75) is 25.8 Å². The normalized spacial score (nSPS) is 17.8. The van der Waals surface area contributed by atoms with Gasteiger partial charge >= 0.3 is 0 Å². The van der Waals surface area contributed by atoms with Crippen molar-refractivity contribution in [1.82, 2.24) is 5.32 Å². The summed E-state index contributed by atoms with van der Waals surface area (Å²) in [5.41, 5.74) is 1.43. The van der Waals surface area contributed by atoms with Gasteiger partial charge in [-0.25, -0.2) is 0 Å². The zero-order valence-electron chi connectivity index (χ0n) is 7.92. The van der Waals surface area contributed by atoms with Crippen LogP contribution in [-0.2, 0) is 0 Å². The third kappa shape index (κ3) is 2.98. The maximum absolute atomic E-state index is 3.51. The van der Waals surface area contributed by atoms with Gasteiger partial charge in [-0.2, -0.15) is 0 Å². The molecule has 70 valence electrons. The second kappa shape index (κ2) is 4.07. The molecule has 1 aromatic heterocycles. The molecule has 1 nitrogen and oxygen atoms in total. The molecule has 0 aromatic carbocycles. The number of hydrogen-bond acceptors (Lipinski definition) is 2. The smallest absolute Gasteiger partial charge is 0.0270 e. The Morgan fingerprint density at radius 2 is 2.54 bits per heavy atom. The first-order valence-corrected chi connectivity index (χ1v) is 5.66. The van der Waals surface area contributed by atoms with Crippen molar-refractivity contribution in [1.29, 1.82) is 0 Å². The van der Waals surface area contributed by atoms with Crippen LogP contribution in [0.2, 0.25) is 0 Å². The van der Waals surface area contributed by atoms with Crippen molar-refractivity contribution in [3.05, 3.63) is 28.0 Å². The van der Waals surface area contributed by atoms with Crippen LogP contribution in [0.1, 0.15) is 24.6 Å². The predicted molar refractivity (Wildman–Crippen MR) is 59.0 cm³/mol. The van der Waals surface area contributed by atoms with Crippen molar-refractivity contribution in [2.24, 2.45) is 0 Å². The van der Waals surface area contributed by atoms with Crippen LogP contribution in [0.4, 0.5) is 0 Å². The summed E-state index contributed by atoms with van der Waals surface area (Å²) in [7, 11) is 0. The molecule has 1 saturated carbocycles. The molecule has 1 aromatic rings. The summed E-state index contributed by atoms with van der Waals surface area (Å²) in [4.78, 5) is 1.36. The van der Waals surface area contributed by atoms with Gasteiger partial charge < -0.3 is 5.32 Å². The van der Waals surface area contributed by atoms with E-state index in [1.807, 2.05) is 0 Å². The van der Waals surface area contributed by atoms with Crippen molar-refractivity contribution >= 4 is 17.4 Å². The van der Waals surface area contributed by atoms with E-state index in [9.17, 15) is 0 Å². The average Bonchev–Trinajstić information content (AvgIpc) is 2.82. The lowest BCUT2D eigenvalue weighted by atomic mass is 10.2. The maximum Gasteiger partial charge on any atom is 0.0270 e. The molecule has 0 bridgehead atoms. The van der Waals surface area contributed by atoms with Gasteiger partial charge in [0.2, 0.25) is 0 Å². The van der Waals surface area contributed by atoms with E-state index in [2.05, 4.69) is 35.8 Å². The van der Waals surface area contributed by atoms with Crippen LogP contribution in [0.25, 0.3) is 6.08 Å². The van der Waals surface area contributed by atoms with Crippen LogP contribution < -0.4 is 5.32 Å². The van der Waals surface area contributed by atoms with Gasteiger partial charge in [-0.1, -0.05) is 11.6 Å². The van der Waals surface area contributed by atoms with Crippen molar-refractivity contribution in [3.63, 3.8) is 0 Å². The summed E-state index contributed by atoms with van der Waals surface area (Å²) in [5, 5.41) is 5.62. The fourth-order valence-electron chi connectivity index (χ4n) is 1.26. The van der Waals surface area contributed by atoms with Gasteiger partial charge in [-0.05, 0) is 37.3 Å². The number of thiophene rings is 1. The Kier molecular flexibility index (Phi) is 2.81. The fourth-order valence-corrected chi connectivity index (χ4v) is 2.00. The Morgan fingerprint density at radius 3 is 3.15 bits per heavy atom. The van der Waals surface area contributed by atoms with Gasteiger partial charge in [-0.3, -0.25) is 0 Å². The summed E-state index contributed by atoms with van der Waals surface area (Å²) in [6.07, 6.45) is 5.00. The van der Waals surface area contributed by atoms with Crippen LogP contribution in [0, 0.1) is 0 Å². The molecule has 0 radical (unpaired) electrons. The van der Waals surface area contributed by atoms with E-state index in [4.69, 9.17) is 0 Å². The molecule has 2 heteroatoms. The monoisotopic (exact) mass is 193 g/mol. The molecule has 0 atom stereocenters. The third-order valence-corrected chi connectivity index (χ3v) is 3.00. The molecule has 0 amide bonds. The van der Waals surface area contributed by atoms with Crippen molar-refractivity contribution in [3.8, 4) is 0 Å². The maximum atomic E-state index is 3.51. The first-order chi connectivity index (χ1) is 6.34. The Balaban J connectivity index is 1.84. The van der Waals surface area contributed by atoms with E-state index in [1.165, 1.54) is 23.3 Å². The molecule has 0 saturated heterocycles. The average molecular weight is 193 g/mol. The molecule has 1 aliphatic carbocycles. The first kappa shape index (κ1) is 8.97. The zero-order chi connectivity index (χ0) is 9.10. The minimum absolute atomic E-state index is 0.812. The molecule has 0 spiro atoms. The lowest BCUT2D eigenvalue weighted by Gasteiger charge is -2.01. The van der Waals surface area contributed by atoms with Crippen LogP contribution in [0.15, 0.2) is 23.1 Å². The van der Waals surface area contributed by atoms with E-state index in [1.54, 1.807) is 11.3 Å². The van der Waals surface area contributed by atoms with Gasteiger partial charge in [0.25, 0.3) is 0 Å². The summed E-state index contributed by atoms with van der Waals surface area (Å²) in [6.45, 7) is 3.23. The highest BCUT2D eigenvalue weighted by atomic mass is 32.1. The Bertz CT molecular complexity index is 283. The Labute approximate surface area is 83.5 Å². The van der Waals surface area contributed by atoms with Crippen molar-refractivity contribution in [2.75, 3.05) is 6.54 Å². The van der Waals surface area contributed by atoms with E-state index in [-0.39, 0.29) is 0 Å². The lowest BCUT2D eigenvalue weighted by Crippen LogP contribution is -2.18. The van der Waals surface area contributed by atoms with E-state index < -0.39 is 0 Å². The quantitative estimate of drug-likeness (QED) is 0.775. The summed E-state index contributed by atoms with van der Waals surface area (Å²) in [5.74, 6) is 0. The minimum Gasteiger partial charge on any atom is -0.310 e. The fraction of sp³-hybridized carbons (Fsp3) is 0.455. The van der Waals surface area contributed by atoms with Gasteiger partial charge in [0, 0.05) is 17.5 Å². The summed E-state index contributed by atoms with van der Waals surface area (Å²) < 4.78 is 0. The van der Waals surface area contributed by atoms with E-state index in [0.29, 0.717) is 0 Å². The number of nitrogens with one attached hydrogen (secondary N) is 1. The van der Waals surface area contributed by atoms with Crippen LogP contribution in [0.5, 0.6) is 0 Å². The molecule has 0 aliphatic heterocycles. The second-order valence-corrected chi connectivity index (χ2v) is 4.64. The first-order valence-electron chi connectivity index (χ1n) is 4.78. The molecule has 2 rings (SSSR count). The molecule has 0 unspecified atom stereocenters. The number of hydrogen-bond donors (Lipinski definition) is 1. The van der Waals surface area contributed by atoms with Crippen LogP contribution >= 0.6 is 11.3 Å². The van der Waals surface area contributed by atoms with Crippen LogP contribution in [-0.4, -0.2) is 12.6 Å². The van der Waals surface area contributed by atoms with E-state index in [0.717, 1.165) is 12.6 Å². The van der Waals surface area contributed by atoms with E-state index >= 15 is 0 Å². The molecule has 1 N–H and O–H groups in total. The van der Waals surface area contributed by atoms with Gasteiger partial charge in [0.15, 0.2) is 0 Å². The topological polar surface area (TPSA) is 12.0 Å². The van der Waals surface area contributed by atoms with Gasteiger partial charge in [-0.15, -0.1) is 11.3 Å². The lowest BCUT2D eigenvalue weighted by molar-refractivity contribution is 0.736. The van der Waals surface area contributed by atoms with Gasteiger partial charge in [0.05, 0.1) is 0 Å². The molecule has 1 fully saturated rings. The predicted octanol–water partition coefficient (Wildman–Crippen LogP) is 2.90. The highest BCUT2D eigenvalue weighted by Crippen LogP contribution is 2.19. The molecule has 1 heterocycles. The molecule has 1 aliphatic rings. The molecule has 13 heavy (non-hydrogen) atoms. The van der Waals surface area contributed by atoms with Crippen LogP contribution in [0.3, 0.4) is 0 Å². The SMILES string of the molecule is CC(=Cc1cccs1)CNC1CC1. The standard InChI is InChI=1S/C11H15NS/c1-9(8-12-10-4-5-10)7-11-3-2-6-13-11/h2-3,6-7,10,12H,4-5,8H2,1H3. The molecular weight excluding hydrogens is 178 g/mol. The highest BCUT2D eigenvalue weighted by molar-refractivity contribution is 7.10. The largest absolute Gasteiger partial charge is 0.310 e. The molecular formula is C11H15NS. The Hall–Kier alpha value is -0.600. The Morgan fingerprint density at radius 1 is 1.69 bits per heavy atom. The summed E-state index contributed by atoms with van der Waals surface area (Å²) in [6, 6.07) is 5.07. The van der Waals surface area contributed by atoms with Gasteiger partial charge in [0.1, 0.15) is 0 Å².